The van der Waals surface area contributed by atoms with Gasteiger partial charge in [0.15, 0.2) is 0 Å². The van der Waals surface area contributed by atoms with Gasteiger partial charge < -0.3 is 5.32 Å². The fraction of sp³-hybridized carbons (Fsp3) is 0.409. The number of rotatable bonds is 6. The van der Waals surface area contributed by atoms with Gasteiger partial charge in [0.05, 0.1) is 6.04 Å². The van der Waals surface area contributed by atoms with Crippen LogP contribution in [0.3, 0.4) is 0 Å². The van der Waals surface area contributed by atoms with E-state index in [0.717, 1.165) is 29.8 Å². The predicted octanol–water partition coefficient (Wildman–Crippen LogP) is 4.63. The Hall–Kier alpha value is -2.13. The lowest BCUT2D eigenvalue weighted by Crippen LogP contribution is -2.39. The molecule has 3 heteroatoms. The van der Waals surface area contributed by atoms with Crippen LogP contribution in [-0.2, 0) is 17.8 Å². The molecule has 0 fully saturated rings. The second kappa shape index (κ2) is 8.30. The smallest absolute Gasteiger partial charge is 0.241 e. The summed E-state index contributed by atoms with van der Waals surface area (Å²) >= 11 is 0. The number of nitrogens with zero attached hydrogens (tertiary/aromatic N) is 1. The van der Waals surface area contributed by atoms with E-state index in [4.69, 9.17) is 0 Å². The van der Waals surface area contributed by atoms with Crippen molar-refractivity contribution in [3.05, 3.63) is 64.2 Å². The molecule has 0 aliphatic carbocycles. The van der Waals surface area contributed by atoms with Gasteiger partial charge in [-0.2, -0.15) is 0 Å². The zero-order valence-corrected chi connectivity index (χ0v) is 16.3. The summed E-state index contributed by atoms with van der Waals surface area (Å²) in [5, 5.41) is 3.11. The van der Waals surface area contributed by atoms with E-state index in [9.17, 15) is 4.79 Å². The molecule has 2 aromatic carbocycles. The fourth-order valence-electron chi connectivity index (χ4n) is 3.11. The minimum Gasteiger partial charge on any atom is -0.324 e. The van der Waals surface area contributed by atoms with E-state index >= 15 is 0 Å². The summed E-state index contributed by atoms with van der Waals surface area (Å²) < 4.78 is 0. The van der Waals surface area contributed by atoms with Crippen LogP contribution in [0.5, 0.6) is 0 Å². The number of carbonyl (C=O) groups excluding carboxylic acids is 1. The molecule has 0 spiro atoms. The predicted molar refractivity (Wildman–Crippen MR) is 106 cm³/mol. The quantitative estimate of drug-likeness (QED) is 0.832. The Morgan fingerprint density at radius 3 is 2.08 bits per heavy atom. The number of hydrogen-bond acceptors (Lipinski definition) is 2. The van der Waals surface area contributed by atoms with Crippen LogP contribution in [-0.4, -0.2) is 23.9 Å². The second-order valence-electron chi connectivity index (χ2n) is 7.02. The number of likely N-dealkylation sites (N-methyl/N-ethyl adjacent to an activating group) is 1. The van der Waals surface area contributed by atoms with Gasteiger partial charge in [-0.15, -0.1) is 0 Å². The number of benzene rings is 2. The van der Waals surface area contributed by atoms with Crippen molar-refractivity contribution >= 4 is 11.6 Å². The first-order valence-corrected chi connectivity index (χ1v) is 8.98. The van der Waals surface area contributed by atoms with E-state index in [2.05, 4.69) is 60.5 Å². The van der Waals surface area contributed by atoms with Gasteiger partial charge in [0.1, 0.15) is 0 Å². The van der Waals surface area contributed by atoms with Crippen molar-refractivity contribution in [2.24, 2.45) is 0 Å². The first-order valence-electron chi connectivity index (χ1n) is 8.98. The SMILES string of the molecule is CCc1ccc(CN(C)[C@@H](C)C(=O)Nc2c(C)cc(C)cc2C)cc1. The van der Waals surface area contributed by atoms with Gasteiger partial charge >= 0.3 is 0 Å². The zero-order valence-electron chi connectivity index (χ0n) is 16.3. The van der Waals surface area contributed by atoms with Gasteiger partial charge in [0.2, 0.25) is 5.91 Å². The monoisotopic (exact) mass is 338 g/mol. The Morgan fingerprint density at radius 1 is 1.04 bits per heavy atom. The summed E-state index contributed by atoms with van der Waals surface area (Å²) in [6, 6.07) is 12.6. The molecule has 2 rings (SSSR count). The van der Waals surface area contributed by atoms with Crippen molar-refractivity contribution in [1.29, 1.82) is 0 Å². The van der Waals surface area contributed by atoms with Crippen LogP contribution < -0.4 is 5.32 Å². The van der Waals surface area contributed by atoms with E-state index in [1.54, 1.807) is 0 Å². The van der Waals surface area contributed by atoms with E-state index in [1.165, 1.54) is 16.7 Å². The molecule has 0 aliphatic heterocycles. The summed E-state index contributed by atoms with van der Waals surface area (Å²) in [6.07, 6.45) is 1.05. The number of amides is 1. The molecule has 0 unspecified atom stereocenters. The summed E-state index contributed by atoms with van der Waals surface area (Å²) in [5.41, 5.74) is 6.92. The van der Waals surface area contributed by atoms with Crippen LogP contribution in [0.2, 0.25) is 0 Å². The van der Waals surface area contributed by atoms with Crippen molar-refractivity contribution in [3.8, 4) is 0 Å². The van der Waals surface area contributed by atoms with Crippen molar-refractivity contribution in [2.75, 3.05) is 12.4 Å². The van der Waals surface area contributed by atoms with Crippen LogP contribution >= 0.6 is 0 Å². The van der Waals surface area contributed by atoms with Gasteiger partial charge in [-0.1, -0.05) is 48.9 Å². The third-order valence-corrected chi connectivity index (χ3v) is 4.83. The summed E-state index contributed by atoms with van der Waals surface area (Å²) in [5.74, 6) is 0.0303. The summed E-state index contributed by atoms with van der Waals surface area (Å²) in [7, 11) is 1.99. The lowest BCUT2D eigenvalue weighted by Gasteiger charge is -2.25. The third-order valence-electron chi connectivity index (χ3n) is 4.83. The van der Waals surface area contributed by atoms with E-state index in [1.807, 2.05) is 27.8 Å². The second-order valence-corrected chi connectivity index (χ2v) is 7.02. The Kier molecular flexibility index (Phi) is 6.38. The normalized spacial score (nSPS) is 12.3. The van der Waals surface area contributed by atoms with E-state index in [-0.39, 0.29) is 11.9 Å². The number of hydrogen-bond donors (Lipinski definition) is 1. The molecule has 2 aromatic rings. The number of aryl methyl sites for hydroxylation is 4. The lowest BCUT2D eigenvalue weighted by molar-refractivity contribution is -0.120. The molecule has 3 nitrogen and oxygen atoms in total. The molecular weight excluding hydrogens is 308 g/mol. The molecule has 0 heterocycles. The largest absolute Gasteiger partial charge is 0.324 e. The minimum atomic E-state index is -0.203. The van der Waals surface area contributed by atoms with Crippen molar-refractivity contribution < 1.29 is 4.79 Å². The first-order chi connectivity index (χ1) is 11.8. The lowest BCUT2D eigenvalue weighted by atomic mass is 10.0. The highest BCUT2D eigenvalue weighted by atomic mass is 16.2. The average molecular weight is 338 g/mol. The van der Waals surface area contributed by atoms with Gasteiger partial charge in [0, 0.05) is 12.2 Å². The molecule has 0 aliphatic rings. The number of anilines is 1. The van der Waals surface area contributed by atoms with Crippen LogP contribution in [0.4, 0.5) is 5.69 Å². The topological polar surface area (TPSA) is 32.3 Å². The van der Waals surface area contributed by atoms with Crippen LogP contribution in [0.15, 0.2) is 36.4 Å². The van der Waals surface area contributed by atoms with Crippen LogP contribution in [0, 0.1) is 20.8 Å². The van der Waals surface area contributed by atoms with Crippen LogP contribution in [0.1, 0.15) is 41.7 Å². The molecule has 0 saturated carbocycles. The van der Waals surface area contributed by atoms with E-state index in [0.29, 0.717) is 0 Å². The molecule has 1 N–H and O–H groups in total. The number of carbonyl (C=O) groups is 1. The molecular formula is C22H30N2O. The summed E-state index contributed by atoms with van der Waals surface area (Å²) in [4.78, 5) is 14.8. The molecule has 0 radical (unpaired) electrons. The molecule has 0 aromatic heterocycles. The maximum Gasteiger partial charge on any atom is 0.241 e. The number of nitrogens with one attached hydrogen (secondary N) is 1. The molecule has 1 amide bonds. The van der Waals surface area contributed by atoms with Crippen molar-refractivity contribution in [1.82, 2.24) is 4.90 Å². The highest BCUT2D eigenvalue weighted by molar-refractivity contribution is 5.95. The fourth-order valence-corrected chi connectivity index (χ4v) is 3.11. The van der Waals surface area contributed by atoms with Gasteiger partial charge in [-0.3, -0.25) is 9.69 Å². The highest BCUT2D eigenvalue weighted by Crippen LogP contribution is 2.22. The standard InChI is InChI=1S/C22H30N2O/c1-7-19-8-10-20(11-9-19)14-24(6)18(5)22(25)23-21-16(3)12-15(2)13-17(21)4/h8-13,18H,7,14H2,1-6H3,(H,23,25)/t18-/m0/s1. The van der Waals surface area contributed by atoms with Crippen molar-refractivity contribution in [3.63, 3.8) is 0 Å². The maximum atomic E-state index is 12.7. The first kappa shape index (κ1) is 19.2. The maximum absolute atomic E-state index is 12.7. The zero-order chi connectivity index (χ0) is 18.6. The highest BCUT2D eigenvalue weighted by Gasteiger charge is 2.19. The molecule has 1 atom stereocenters. The third kappa shape index (κ3) is 4.93. The molecule has 134 valence electrons. The van der Waals surface area contributed by atoms with Crippen LogP contribution in [0.25, 0.3) is 0 Å². The molecule has 0 bridgehead atoms. The van der Waals surface area contributed by atoms with Gasteiger partial charge in [-0.05, 0) is 63.4 Å². The molecule has 0 saturated heterocycles. The van der Waals surface area contributed by atoms with Gasteiger partial charge in [0.25, 0.3) is 0 Å². The minimum absolute atomic E-state index is 0.0303. The molecule has 25 heavy (non-hydrogen) atoms. The Morgan fingerprint density at radius 2 is 1.56 bits per heavy atom. The average Bonchev–Trinajstić information content (AvgIpc) is 2.57. The van der Waals surface area contributed by atoms with Gasteiger partial charge in [-0.25, -0.2) is 0 Å². The Labute approximate surface area is 152 Å². The van der Waals surface area contributed by atoms with E-state index < -0.39 is 0 Å². The summed E-state index contributed by atoms with van der Waals surface area (Å²) in [6.45, 7) is 11.0. The Bertz CT molecular complexity index is 711. The van der Waals surface area contributed by atoms with Crippen molar-refractivity contribution in [2.45, 2.75) is 53.6 Å². The Balaban J connectivity index is 2.03.